The van der Waals surface area contributed by atoms with Gasteiger partial charge in [-0.15, -0.1) is 0 Å². The van der Waals surface area contributed by atoms with Gasteiger partial charge in [0.1, 0.15) is 17.7 Å². The van der Waals surface area contributed by atoms with Crippen LogP contribution in [0.15, 0.2) is 24.3 Å². The number of likely N-dealkylation sites (tertiary alicyclic amines) is 1. The van der Waals surface area contributed by atoms with Gasteiger partial charge in [-0.1, -0.05) is 12.5 Å². The lowest BCUT2D eigenvalue weighted by atomic mass is 9.91. The molecule has 1 aromatic rings. The monoisotopic (exact) mass is 431 g/mol. The molecule has 4 aliphatic rings. The molecule has 170 valence electrons. The average molecular weight is 432 g/mol. The number of hydrogen-bond donors (Lipinski definition) is 0. The number of rotatable bonds is 5. The van der Waals surface area contributed by atoms with Crippen molar-refractivity contribution < 1.29 is 18.7 Å². The van der Waals surface area contributed by atoms with Crippen molar-refractivity contribution in [1.29, 1.82) is 0 Å². The molecule has 1 aliphatic carbocycles. The molecule has 6 nitrogen and oxygen atoms in total. The number of hydrogen-bond acceptors (Lipinski definition) is 5. The minimum absolute atomic E-state index is 0.116. The Labute approximate surface area is 184 Å². The molecule has 1 saturated carbocycles. The van der Waals surface area contributed by atoms with Crippen LogP contribution < -0.4 is 4.74 Å². The second kappa shape index (κ2) is 9.43. The Bertz CT molecular complexity index is 768. The van der Waals surface area contributed by atoms with E-state index in [1.165, 1.54) is 31.4 Å². The second-order valence-corrected chi connectivity index (χ2v) is 9.46. The molecule has 0 N–H and O–H groups in total. The predicted octanol–water partition coefficient (Wildman–Crippen LogP) is 2.52. The number of ether oxygens (including phenoxy) is 2. The molecule has 3 aliphatic heterocycles. The molecule has 7 heteroatoms. The van der Waals surface area contributed by atoms with E-state index in [0.29, 0.717) is 25.3 Å². The molecule has 31 heavy (non-hydrogen) atoms. The van der Waals surface area contributed by atoms with Gasteiger partial charge in [0.25, 0.3) is 0 Å². The fraction of sp³-hybridized carbons (Fsp3) is 0.708. The fourth-order valence-corrected chi connectivity index (χ4v) is 5.55. The first-order valence-corrected chi connectivity index (χ1v) is 12.0. The van der Waals surface area contributed by atoms with Gasteiger partial charge in [-0.05, 0) is 37.8 Å². The van der Waals surface area contributed by atoms with E-state index >= 15 is 0 Å². The van der Waals surface area contributed by atoms with Crippen LogP contribution in [0.2, 0.25) is 0 Å². The van der Waals surface area contributed by atoms with Crippen LogP contribution in [0, 0.1) is 5.82 Å². The molecule has 0 radical (unpaired) electrons. The molecule has 5 rings (SSSR count). The third kappa shape index (κ3) is 4.73. The first-order chi connectivity index (χ1) is 15.2. The number of benzene rings is 1. The van der Waals surface area contributed by atoms with E-state index in [9.17, 15) is 9.18 Å². The van der Waals surface area contributed by atoms with Gasteiger partial charge >= 0.3 is 0 Å². The summed E-state index contributed by atoms with van der Waals surface area (Å²) in [4.78, 5) is 20.6. The number of carbonyl (C=O) groups excluding carboxylic acids is 1. The van der Waals surface area contributed by atoms with Gasteiger partial charge in [0.15, 0.2) is 0 Å². The van der Waals surface area contributed by atoms with Crippen LogP contribution >= 0.6 is 0 Å². The Kier molecular flexibility index (Phi) is 6.44. The molecular weight excluding hydrogens is 397 g/mol. The van der Waals surface area contributed by atoms with Gasteiger partial charge in [-0.2, -0.15) is 0 Å². The van der Waals surface area contributed by atoms with Crippen LogP contribution in [0.25, 0.3) is 0 Å². The molecular formula is C24H34FN3O3. The Hall–Kier alpha value is -1.70. The zero-order valence-electron chi connectivity index (χ0n) is 18.3. The summed E-state index contributed by atoms with van der Waals surface area (Å²) < 4.78 is 25.3. The van der Waals surface area contributed by atoms with E-state index in [1.807, 2.05) is 0 Å². The smallest absolute Gasteiger partial charge is 0.240 e. The second-order valence-electron chi connectivity index (χ2n) is 9.46. The van der Waals surface area contributed by atoms with Gasteiger partial charge in [0, 0.05) is 63.9 Å². The third-order valence-corrected chi connectivity index (χ3v) is 7.49. The molecule has 4 fully saturated rings. The number of nitrogens with zero attached hydrogens (tertiary/aromatic N) is 3. The summed E-state index contributed by atoms with van der Waals surface area (Å²) in [6.07, 6.45) is 6.49. The van der Waals surface area contributed by atoms with E-state index in [4.69, 9.17) is 9.47 Å². The summed E-state index contributed by atoms with van der Waals surface area (Å²) in [6, 6.07) is 7.09. The van der Waals surface area contributed by atoms with Crippen LogP contribution in [-0.2, 0) is 9.53 Å². The molecule has 0 aromatic heterocycles. The first-order valence-electron chi connectivity index (χ1n) is 12.0. The van der Waals surface area contributed by atoms with Crippen molar-refractivity contribution in [1.82, 2.24) is 14.7 Å². The van der Waals surface area contributed by atoms with Crippen LogP contribution in [-0.4, -0.2) is 90.8 Å². The molecule has 3 atom stereocenters. The normalized spacial score (nSPS) is 30.9. The minimum atomic E-state index is -0.301. The van der Waals surface area contributed by atoms with Gasteiger partial charge < -0.3 is 14.4 Å². The summed E-state index contributed by atoms with van der Waals surface area (Å²) in [7, 11) is 0. The fourth-order valence-electron chi connectivity index (χ4n) is 5.55. The lowest BCUT2D eigenvalue weighted by Gasteiger charge is -2.37. The van der Waals surface area contributed by atoms with Gasteiger partial charge in [0.2, 0.25) is 5.91 Å². The van der Waals surface area contributed by atoms with Crippen molar-refractivity contribution in [3.8, 4) is 5.75 Å². The van der Waals surface area contributed by atoms with E-state index in [-0.39, 0.29) is 29.9 Å². The summed E-state index contributed by atoms with van der Waals surface area (Å²) in [5, 5.41) is 0. The maximum absolute atomic E-state index is 13.6. The summed E-state index contributed by atoms with van der Waals surface area (Å²) in [5.74, 6) is 0.462. The van der Waals surface area contributed by atoms with Crippen molar-refractivity contribution in [2.75, 3.05) is 45.9 Å². The Balaban J connectivity index is 1.26. The summed E-state index contributed by atoms with van der Waals surface area (Å²) in [6.45, 7) is 5.84. The molecule has 3 saturated heterocycles. The lowest BCUT2D eigenvalue weighted by molar-refractivity contribution is -0.136. The minimum Gasteiger partial charge on any atom is -0.489 e. The van der Waals surface area contributed by atoms with E-state index in [0.717, 1.165) is 51.7 Å². The van der Waals surface area contributed by atoms with Crippen molar-refractivity contribution >= 4 is 5.91 Å². The number of halogens is 1. The third-order valence-electron chi connectivity index (χ3n) is 7.49. The van der Waals surface area contributed by atoms with Crippen molar-refractivity contribution in [3.63, 3.8) is 0 Å². The average Bonchev–Trinajstić information content (AvgIpc) is 3.32. The highest BCUT2D eigenvalue weighted by atomic mass is 19.1. The molecule has 0 spiro atoms. The Morgan fingerprint density at radius 2 is 1.97 bits per heavy atom. The van der Waals surface area contributed by atoms with Crippen LogP contribution in [0.5, 0.6) is 5.75 Å². The largest absolute Gasteiger partial charge is 0.489 e. The number of carbonyl (C=O) groups is 1. The lowest BCUT2D eigenvalue weighted by Crippen LogP contribution is -2.50. The van der Waals surface area contributed by atoms with E-state index < -0.39 is 0 Å². The van der Waals surface area contributed by atoms with Gasteiger partial charge in [-0.3, -0.25) is 14.6 Å². The SMILES string of the molecule is O=C(C1CC(Oc2cccc(F)c2)CN1C1CCOC1)N1CCCN(C2CCC2)CC1. The Morgan fingerprint density at radius 3 is 2.71 bits per heavy atom. The van der Waals surface area contributed by atoms with E-state index in [2.05, 4.69) is 14.7 Å². The molecule has 1 amide bonds. The van der Waals surface area contributed by atoms with Crippen molar-refractivity contribution in [2.45, 2.75) is 62.8 Å². The van der Waals surface area contributed by atoms with Crippen molar-refractivity contribution in [2.24, 2.45) is 0 Å². The highest BCUT2D eigenvalue weighted by molar-refractivity contribution is 5.82. The van der Waals surface area contributed by atoms with E-state index in [1.54, 1.807) is 12.1 Å². The highest BCUT2D eigenvalue weighted by Crippen LogP contribution is 2.30. The number of amides is 1. The molecule has 1 aromatic carbocycles. The Morgan fingerprint density at radius 1 is 1.06 bits per heavy atom. The summed E-state index contributed by atoms with van der Waals surface area (Å²) >= 11 is 0. The van der Waals surface area contributed by atoms with Crippen LogP contribution in [0.3, 0.4) is 0 Å². The van der Waals surface area contributed by atoms with Crippen molar-refractivity contribution in [3.05, 3.63) is 30.1 Å². The zero-order valence-corrected chi connectivity index (χ0v) is 18.3. The standard InChI is InChI=1S/C24H34FN3O3/c25-18-4-1-7-21(14-18)31-22-15-23(28(16-22)20-8-13-30-17-20)24(29)27-10-3-9-26(11-12-27)19-5-2-6-19/h1,4,7,14,19-20,22-23H,2-3,5-6,8-13,15-17H2. The first kappa shape index (κ1) is 21.2. The highest BCUT2D eigenvalue weighted by Gasteiger charge is 2.44. The predicted molar refractivity (Wildman–Crippen MR) is 116 cm³/mol. The van der Waals surface area contributed by atoms with Crippen LogP contribution in [0.1, 0.15) is 38.5 Å². The van der Waals surface area contributed by atoms with Gasteiger partial charge in [-0.25, -0.2) is 4.39 Å². The molecule has 3 unspecified atom stereocenters. The maximum Gasteiger partial charge on any atom is 0.240 e. The topological polar surface area (TPSA) is 45.2 Å². The van der Waals surface area contributed by atoms with Gasteiger partial charge in [0.05, 0.1) is 12.6 Å². The quantitative estimate of drug-likeness (QED) is 0.717. The van der Waals surface area contributed by atoms with Crippen LogP contribution in [0.4, 0.5) is 4.39 Å². The molecule has 0 bridgehead atoms. The zero-order chi connectivity index (χ0) is 21.2. The maximum atomic E-state index is 13.6. The summed E-state index contributed by atoms with van der Waals surface area (Å²) in [5.41, 5.74) is 0. The molecule has 3 heterocycles.